The average molecular weight is 278 g/mol. The summed E-state index contributed by atoms with van der Waals surface area (Å²) in [7, 11) is 0. The fraction of sp³-hybridized carbons (Fsp3) is 0.286. The van der Waals surface area contributed by atoms with E-state index in [0.717, 1.165) is 12.1 Å². The van der Waals surface area contributed by atoms with Crippen LogP contribution in [-0.4, -0.2) is 21.7 Å². The minimum Gasteiger partial charge on any atom is -0.349 e. The lowest BCUT2D eigenvalue weighted by Gasteiger charge is -2.10. The van der Waals surface area contributed by atoms with Crippen molar-refractivity contribution in [2.75, 3.05) is 0 Å². The molecule has 0 radical (unpaired) electrons. The Morgan fingerprint density at radius 3 is 2.74 bits per heavy atom. The van der Waals surface area contributed by atoms with Crippen molar-refractivity contribution in [3.63, 3.8) is 0 Å². The molecule has 1 heterocycles. The maximum atomic E-state index is 12.0. The number of rotatable bonds is 4. The molecule has 1 amide bonds. The standard InChI is InChI=1S/C14H16ClN3O/c1-3-10(2)17-14(19)12-9-16-18(13(12)15)11-7-5-4-6-8-11/h4-10H,3H2,1-2H3,(H,17,19)/t10-/m1/s1. The van der Waals surface area contributed by atoms with Crippen molar-refractivity contribution in [2.24, 2.45) is 0 Å². The number of para-hydroxylation sites is 1. The predicted molar refractivity (Wildman–Crippen MR) is 75.8 cm³/mol. The van der Waals surface area contributed by atoms with Crippen LogP contribution in [0.3, 0.4) is 0 Å². The normalized spacial score (nSPS) is 12.2. The number of benzene rings is 1. The van der Waals surface area contributed by atoms with Crippen molar-refractivity contribution < 1.29 is 4.79 Å². The molecule has 0 saturated carbocycles. The summed E-state index contributed by atoms with van der Waals surface area (Å²) in [4.78, 5) is 12.0. The summed E-state index contributed by atoms with van der Waals surface area (Å²) in [5.41, 5.74) is 1.22. The van der Waals surface area contributed by atoms with Gasteiger partial charge in [-0.15, -0.1) is 0 Å². The van der Waals surface area contributed by atoms with Crippen molar-refractivity contribution in [3.05, 3.63) is 47.2 Å². The van der Waals surface area contributed by atoms with Crippen LogP contribution in [0.4, 0.5) is 0 Å². The molecule has 1 aromatic heterocycles. The SMILES string of the molecule is CC[C@@H](C)NC(=O)c1cnn(-c2ccccc2)c1Cl. The summed E-state index contributed by atoms with van der Waals surface area (Å²) in [5.74, 6) is -0.193. The molecule has 1 atom stereocenters. The Balaban J connectivity index is 2.26. The number of carbonyl (C=O) groups is 1. The number of nitrogens with zero attached hydrogens (tertiary/aromatic N) is 2. The van der Waals surface area contributed by atoms with Gasteiger partial charge in [0.1, 0.15) is 5.15 Å². The number of halogens is 1. The van der Waals surface area contributed by atoms with E-state index in [4.69, 9.17) is 11.6 Å². The minimum absolute atomic E-state index is 0.114. The number of amides is 1. The smallest absolute Gasteiger partial charge is 0.256 e. The second-order valence-electron chi connectivity index (χ2n) is 4.38. The van der Waals surface area contributed by atoms with E-state index >= 15 is 0 Å². The van der Waals surface area contributed by atoms with E-state index in [1.54, 1.807) is 4.68 Å². The molecule has 1 aromatic carbocycles. The molecular weight excluding hydrogens is 262 g/mol. The first-order valence-corrected chi connectivity index (χ1v) is 6.61. The van der Waals surface area contributed by atoms with Gasteiger partial charge in [0.2, 0.25) is 0 Å². The summed E-state index contributed by atoms with van der Waals surface area (Å²) >= 11 is 6.22. The quantitative estimate of drug-likeness (QED) is 0.934. The van der Waals surface area contributed by atoms with Crippen LogP contribution >= 0.6 is 11.6 Å². The van der Waals surface area contributed by atoms with Gasteiger partial charge in [0.05, 0.1) is 17.4 Å². The lowest BCUT2D eigenvalue weighted by Crippen LogP contribution is -2.31. The second kappa shape index (κ2) is 5.89. The van der Waals surface area contributed by atoms with Gasteiger partial charge in [-0.2, -0.15) is 5.10 Å². The molecule has 4 nitrogen and oxygen atoms in total. The molecule has 100 valence electrons. The molecule has 0 unspecified atom stereocenters. The van der Waals surface area contributed by atoms with Crippen LogP contribution in [0.25, 0.3) is 5.69 Å². The summed E-state index contributed by atoms with van der Waals surface area (Å²) in [6.07, 6.45) is 2.36. The Morgan fingerprint density at radius 2 is 2.11 bits per heavy atom. The van der Waals surface area contributed by atoms with Crippen LogP contribution in [0.1, 0.15) is 30.6 Å². The first kappa shape index (κ1) is 13.6. The van der Waals surface area contributed by atoms with Crippen LogP contribution in [0.15, 0.2) is 36.5 Å². The summed E-state index contributed by atoms with van der Waals surface area (Å²) in [5, 5.41) is 7.36. The van der Waals surface area contributed by atoms with E-state index in [0.29, 0.717) is 10.7 Å². The van der Waals surface area contributed by atoms with Gasteiger partial charge < -0.3 is 5.32 Å². The molecule has 19 heavy (non-hydrogen) atoms. The number of carbonyl (C=O) groups excluding carboxylic acids is 1. The van der Waals surface area contributed by atoms with Crippen LogP contribution in [0, 0.1) is 0 Å². The highest BCUT2D eigenvalue weighted by Gasteiger charge is 2.17. The summed E-state index contributed by atoms with van der Waals surface area (Å²) in [6.45, 7) is 3.97. The van der Waals surface area contributed by atoms with Crippen molar-refractivity contribution in [2.45, 2.75) is 26.3 Å². The zero-order valence-corrected chi connectivity index (χ0v) is 11.7. The van der Waals surface area contributed by atoms with E-state index in [1.165, 1.54) is 6.20 Å². The molecule has 1 N–H and O–H groups in total. The zero-order chi connectivity index (χ0) is 13.8. The van der Waals surface area contributed by atoms with Crippen LogP contribution in [0.2, 0.25) is 5.15 Å². The maximum Gasteiger partial charge on any atom is 0.256 e. The van der Waals surface area contributed by atoms with Crippen LogP contribution < -0.4 is 5.32 Å². The van der Waals surface area contributed by atoms with Crippen LogP contribution in [0.5, 0.6) is 0 Å². The number of nitrogens with one attached hydrogen (secondary N) is 1. The Bertz CT molecular complexity index is 565. The molecule has 0 saturated heterocycles. The lowest BCUT2D eigenvalue weighted by molar-refractivity contribution is 0.0939. The Morgan fingerprint density at radius 1 is 1.42 bits per heavy atom. The molecule has 0 aliphatic rings. The fourth-order valence-electron chi connectivity index (χ4n) is 1.64. The molecule has 0 aliphatic heterocycles. The third-order valence-electron chi connectivity index (χ3n) is 2.95. The number of hydrogen-bond donors (Lipinski definition) is 1. The van der Waals surface area contributed by atoms with Gasteiger partial charge >= 0.3 is 0 Å². The number of hydrogen-bond acceptors (Lipinski definition) is 2. The summed E-state index contributed by atoms with van der Waals surface area (Å²) in [6, 6.07) is 9.59. The highest BCUT2D eigenvalue weighted by molar-refractivity contribution is 6.33. The second-order valence-corrected chi connectivity index (χ2v) is 4.74. The van der Waals surface area contributed by atoms with Gasteiger partial charge in [-0.25, -0.2) is 4.68 Å². The molecule has 2 rings (SSSR count). The van der Waals surface area contributed by atoms with Crippen molar-refractivity contribution in [1.29, 1.82) is 0 Å². The van der Waals surface area contributed by atoms with E-state index in [1.807, 2.05) is 44.2 Å². The lowest BCUT2D eigenvalue weighted by atomic mass is 10.2. The average Bonchev–Trinajstić information content (AvgIpc) is 2.81. The van der Waals surface area contributed by atoms with E-state index in [9.17, 15) is 4.79 Å². The van der Waals surface area contributed by atoms with Crippen molar-refractivity contribution in [1.82, 2.24) is 15.1 Å². The van der Waals surface area contributed by atoms with E-state index in [-0.39, 0.29) is 11.9 Å². The van der Waals surface area contributed by atoms with Gasteiger partial charge in [0.25, 0.3) is 5.91 Å². The topological polar surface area (TPSA) is 46.9 Å². The van der Waals surface area contributed by atoms with Gasteiger partial charge in [0.15, 0.2) is 0 Å². The Hall–Kier alpha value is -1.81. The van der Waals surface area contributed by atoms with Crippen molar-refractivity contribution in [3.8, 4) is 5.69 Å². The first-order chi connectivity index (χ1) is 9.13. The Labute approximate surface area is 117 Å². The van der Waals surface area contributed by atoms with Crippen molar-refractivity contribution >= 4 is 17.5 Å². The minimum atomic E-state index is -0.193. The third kappa shape index (κ3) is 2.96. The molecule has 0 aliphatic carbocycles. The molecule has 0 bridgehead atoms. The number of aromatic nitrogens is 2. The highest BCUT2D eigenvalue weighted by Crippen LogP contribution is 2.20. The monoisotopic (exact) mass is 277 g/mol. The van der Waals surface area contributed by atoms with E-state index < -0.39 is 0 Å². The molecule has 0 fully saturated rings. The zero-order valence-electron chi connectivity index (χ0n) is 10.9. The van der Waals surface area contributed by atoms with Crippen LogP contribution in [-0.2, 0) is 0 Å². The maximum absolute atomic E-state index is 12.0. The van der Waals surface area contributed by atoms with Gasteiger partial charge in [-0.3, -0.25) is 4.79 Å². The molecule has 5 heteroatoms. The first-order valence-electron chi connectivity index (χ1n) is 6.23. The molecular formula is C14H16ClN3O. The predicted octanol–water partition coefficient (Wildman–Crippen LogP) is 3.05. The van der Waals surface area contributed by atoms with E-state index in [2.05, 4.69) is 10.4 Å². The summed E-state index contributed by atoms with van der Waals surface area (Å²) < 4.78 is 1.55. The van der Waals surface area contributed by atoms with Gasteiger partial charge in [-0.05, 0) is 25.5 Å². The third-order valence-corrected chi connectivity index (χ3v) is 3.31. The van der Waals surface area contributed by atoms with Gasteiger partial charge in [0, 0.05) is 6.04 Å². The van der Waals surface area contributed by atoms with Gasteiger partial charge in [-0.1, -0.05) is 36.7 Å². The Kier molecular flexibility index (Phi) is 4.22. The molecule has 2 aromatic rings. The fourth-order valence-corrected chi connectivity index (χ4v) is 1.91. The highest BCUT2D eigenvalue weighted by atomic mass is 35.5. The molecule has 0 spiro atoms. The largest absolute Gasteiger partial charge is 0.349 e.